The van der Waals surface area contributed by atoms with Gasteiger partial charge in [0.15, 0.2) is 0 Å². The molecule has 0 bridgehead atoms. The van der Waals surface area contributed by atoms with Crippen molar-refractivity contribution < 1.29 is 18.3 Å². The van der Waals surface area contributed by atoms with Crippen molar-refractivity contribution in [1.29, 1.82) is 0 Å². The van der Waals surface area contributed by atoms with Crippen LogP contribution in [-0.4, -0.2) is 25.7 Å². The van der Waals surface area contributed by atoms with Gasteiger partial charge in [0.1, 0.15) is 0 Å². The number of hydrogen-bond donors (Lipinski definition) is 2. The number of carboxylic acid groups (broad SMARTS) is 1. The quantitative estimate of drug-likeness (QED) is 0.846. The van der Waals surface area contributed by atoms with Gasteiger partial charge in [-0.3, -0.25) is 9.52 Å². The second kappa shape index (κ2) is 3.73. The van der Waals surface area contributed by atoms with Gasteiger partial charge in [-0.15, -0.1) is 0 Å². The molecule has 0 saturated heterocycles. The summed E-state index contributed by atoms with van der Waals surface area (Å²) >= 11 is 0. The van der Waals surface area contributed by atoms with Gasteiger partial charge in [-0.2, -0.15) is 0 Å². The lowest BCUT2D eigenvalue weighted by atomic mass is 9.96. The van der Waals surface area contributed by atoms with E-state index in [0.717, 1.165) is 11.8 Å². The maximum atomic E-state index is 11.1. The Bertz CT molecular complexity index is 543. The van der Waals surface area contributed by atoms with Crippen molar-refractivity contribution in [3.05, 3.63) is 29.8 Å². The lowest BCUT2D eigenvalue weighted by Gasteiger charge is -2.11. The van der Waals surface area contributed by atoms with Gasteiger partial charge in [0.05, 0.1) is 11.7 Å². The van der Waals surface area contributed by atoms with Gasteiger partial charge in [0.25, 0.3) is 0 Å². The molecular formula is C11H13NO4S. The third-order valence-electron chi connectivity index (χ3n) is 2.90. The van der Waals surface area contributed by atoms with Crippen LogP contribution in [0, 0.1) is 0 Å². The molecule has 1 saturated carbocycles. The first-order chi connectivity index (χ1) is 7.83. The number of rotatable bonds is 4. The molecule has 1 aliphatic carbocycles. The Labute approximate surface area is 99.5 Å². The highest BCUT2D eigenvalue weighted by Crippen LogP contribution is 2.48. The Balaban J connectivity index is 2.22. The third kappa shape index (κ3) is 2.41. The molecule has 6 heteroatoms. The summed E-state index contributed by atoms with van der Waals surface area (Å²) in [4.78, 5) is 11.1. The highest BCUT2D eigenvalue weighted by atomic mass is 32.2. The molecule has 2 N–H and O–H groups in total. The molecule has 0 amide bonds. The average Bonchev–Trinajstić information content (AvgIpc) is 2.97. The zero-order chi connectivity index (χ0) is 12.7. The van der Waals surface area contributed by atoms with Gasteiger partial charge >= 0.3 is 5.97 Å². The topological polar surface area (TPSA) is 83.5 Å². The highest BCUT2D eigenvalue weighted by molar-refractivity contribution is 7.92. The number of anilines is 1. The van der Waals surface area contributed by atoms with E-state index in [4.69, 9.17) is 5.11 Å². The minimum atomic E-state index is -3.29. The van der Waals surface area contributed by atoms with Gasteiger partial charge < -0.3 is 5.11 Å². The SMILES string of the molecule is CS(=O)(=O)Nc1ccc(C2(C(=O)O)CC2)cc1. The van der Waals surface area contributed by atoms with Crippen LogP contribution < -0.4 is 4.72 Å². The molecule has 0 unspecified atom stereocenters. The van der Waals surface area contributed by atoms with Crippen molar-refractivity contribution in [2.45, 2.75) is 18.3 Å². The molecule has 0 radical (unpaired) electrons. The van der Waals surface area contributed by atoms with Gasteiger partial charge in [-0.05, 0) is 30.5 Å². The van der Waals surface area contributed by atoms with Crippen molar-refractivity contribution in [2.24, 2.45) is 0 Å². The minimum absolute atomic E-state index is 0.442. The van der Waals surface area contributed by atoms with E-state index in [1.165, 1.54) is 0 Å². The molecule has 2 rings (SSSR count). The molecule has 5 nitrogen and oxygen atoms in total. The van der Waals surface area contributed by atoms with Crippen LogP contribution in [0.15, 0.2) is 24.3 Å². The molecule has 92 valence electrons. The smallest absolute Gasteiger partial charge is 0.314 e. The molecule has 1 aromatic rings. The summed E-state index contributed by atoms with van der Waals surface area (Å²) in [5.41, 5.74) is 0.422. The predicted molar refractivity (Wildman–Crippen MR) is 63.5 cm³/mol. The second-order valence-electron chi connectivity index (χ2n) is 4.34. The normalized spacial score (nSPS) is 17.5. The van der Waals surface area contributed by atoms with E-state index >= 15 is 0 Å². The van der Waals surface area contributed by atoms with Gasteiger partial charge in [0, 0.05) is 5.69 Å². The summed E-state index contributed by atoms with van der Waals surface area (Å²) in [6.45, 7) is 0. The molecule has 0 aromatic heterocycles. The van der Waals surface area contributed by atoms with Crippen LogP contribution in [0.2, 0.25) is 0 Å². The number of nitrogens with one attached hydrogen (secondary N) is 1. The maximum absolute atomic E-state index is 11.1. The van der Waals surface area contributed by atoms with E-state index in [2.05, 4.69) is 4.72 Å². The number of benzene rings is 1. The Morgan fingerprint density at radius 3 is 2.18 bits per heavy atom. The van der Waals surface area contributed by atoms with Gasteiger partial charge in [-0.1, -0.05) is 12.1 Å². The van der Waals surface area contributed by atoms with Crippen molar-refractivity contribution in [3.8, 4) is 0 Å². The monoisotopic (exact) mass is 255 g/mol. The Kier molecular flexibility index (Phi) is 2.61. The van der Waals surface area contributed by atoms with E-state index in [1.807, 2.05) is 0 Å². The van der Waals surface area contributed by atoms with Crippen molar-refractivity contribution in [3.63, 3.8) is 0 Å². The lowest BCUT2D eigenvalue weighted by Crippen LogP contribution is -2.19. The summed E-state index contributed by atoms with van der Waals surface area (Å²) in [5, 5.41) is 9.10. The van der Waals surface area contributed by atoms with E-state index in [9.17, 15) is 13.2 Å². The van der Waals surface area contributed by atoms with Crippen LogP contribution in [0.3, 0.4) is 0 Å². The van der Waals surface area contributed by atoms with Crippen LogP contribution in [0.4, 0.5) is 5.69 Å². The van der Waals surface area contributed by atoms with E-state index in [0.29, 0.717) is 18.5 Å². The van der Waals surface area contributed by atoms with Gasteiger partial charge in [0.2, 0.25) is 10.0 Å². The average molecular weight is 255 g/mol. The Hall–Kier alpha value is -1.56. The first-order valence-electron chi connectivity index (χ1n) is 5.15. The number of carbonyl (C=O) groups is 1. The molecule has 0 spiro atoms. The molecule has 1 aromatic carbocycles. The third-order valence-corrected chi connectivity index (χ3v) is 3.51. The molecule has 17 heavy (non-hydrogen) atoms. The fourth-order valence-electron chi connectivity index (χ4n) is 1.82. The van der Waals surface area contributed by atoms with Crippen molar-refractivity contribution in [1.82, 2.24) is 0 Å². The lowest BCUT2D eigenvalue weighted by molar-refractivity contribution is -0.140. The zero-order valence-corrected chi connectivity index (χ0v) is 10.1. The maximum Gasteiger partial charge on any atom is 0.314 e. The highest BCUT2D eigenvalue weighted by Gasteiger charge is 2.51. The van der Waals surface area contributed by atoms with Gasteiger partial charge in [-0.25, -0.2) is 8.42 Å². The summed E-state index contributed by atoms with van der Waals surface area (Å²) in [5.74, 6) is -0.818. The fourth-order valence-corrected chi connectivity index (χ4v) is 2.39. The van der Waals surface area contributed by atoms with Crippen LogP contribution in [0.1, 0.15) is 18.4 Å². The van der Waals surface area contributed by atoms with E-state index < -0.39 is 21.4 Å². The summed E-state index contributed by atoms with van der Waals surface area (Å²) < 4.78 is 24.3. The van der Waals surface area contributed by atoms with Crippen LogP contribution in [-0.2, 0) is 20.2 Å². The van der Waals surface area contributed by atoms with Crippen LogP contribution >= 0.6 is 0 Å². The molecule has 0 atom stereocenters. The largest absolute Gasteiger partial charge is 0.481 e. The number of hydrogen-bond acceptors (Lipinski definition) is 3. The first kappa shape index (κ1) is 11.9. The van der Waals surface area contributed by atoms with Crippen molar-refractivity contribution >= 4 is 21.7 Å². The standard InChI is InChI=1S/C11H13NO4S/c1-17(15,16)12-9-4-2-8(3-5-9)11(6-7-11)10(13)14/h2-5,12H,6-7H2,1H3,(H,13,14). The number of sulfonamides is 1. The minimum Gasteiger partial charge on any atom is -0.481 e. The van der Waals surface area contributed by atoms with E-state index in [-0.39, 0.29) is 0 Å². The summed E-state index contributed by atoms with van der Waals surface area (Å²) in [6, 6.07) is 6.49. The van der Waals surface area contributed by atoms with Crippen molar-refractivity contribution in [2.75, 3.05) is 11.0 Å². The van der Waals surface area contributed by atoms with Crippen LogP contribution in [0.25, 0.3) is 0 Å². The second-order valence-corrected chi connectivity index (χ2v) is 6.09. The zero-order valence-electron chi connectivity index (χ0n) is 9.30. The Morgan fingerprint density at radius 1 is 1.29 bits per heavy atom. The summed E-state index contributed by atoms with van der Waals surface area (Å²) in [6.07, 6.45) is 2.35. The van der Waals surface area contributed by atoms with Crippen LogP contribution in [0.5, 0.6) is 0 Å². The molecular weight excluding hydrogens is 242 g/mol. The predicted octanol–water partition coefficient (Wildman–Crippen LogP) is 1.17. The number of aliphatic carboxylic acids is 1. The molecule has 1 aliphatic rings. The molecule has 0 heterocycles. The fraction of sp³-hybridized carbons (Fsp3) is 0.364. The Morgan fingerprint density at radius 2 is 1.82 bits per heavy atom. The molecule has 0 aliphatic heterocycles. The summed E-state index contributed by atoms with van der Waals surface area (Å²) in [7, 11) is -3.29. The number of carboxylic acids is 1. The molecule has 1 fully saturated rings. The van der Waals surface area contributed by atoms with E-state index in [1.54, 1.807) is 24.3 Å². The first-order valence-corrected chi connectivity index (χ1v) is 7.04.